The van der Waals surface area contributed by atoms with E-state index in [1.165, 1.54) is 5.69 Å². The zero-order chi connectivity index (χ0) is 39.0. The molecule has 2 atom stereocenters. The minimum Gasteiger partial charge on any atom is -0.506 e. The molecule has 0 saturated carbocycles. The lowest BCUT2D eigenvalue weighted by molar-refractivity contribution is 0.0665. The smallest absolute Gasteiger partial charge is 0.141 e. The second-order valence-corrected chi connectivity index (χ2v) is 15.2. The first-order valence-corrected chi connectivity index (χ1v) is 19.3. The fraction of sp³-hybridized carbons (Fsp3) is 0.349. The van der Waals surface area contributed by atoms with Crippen LogP contribution in [0.1, 0.15) is 48.0 Å². The van der Waals surface area contributed by atoms with Crippen LogP contribution in [0.4, 0.5) is 0 Å². The number of hydrogen-bond acceptors (Lipinski definition) is 8. The summed E-state index contributed by atoms with van der Waals surface area (Å²) < 4.78 is 21.6. The van der Waals surface area contributed by atoms with Crippen molar-refractivity contribution in [2.24, 2.45) is 0 Å². The number of methoxy groups -OCH3 is 1. The lowest BCUT2D eigenvalue weighted by Gasteiger charge is -2.13. The Morgan fingerprint density at radius 1 is 0.618 bits per heavy atom. The SMILES string of the molecule is COc1ccc(-c2nc(-c3cc(C)nc(C)c3)c3n2C[C@@H](C)OCC3)cc1Cl.Cc1cc(-c2nc(-c3ccc(O)c(Cl)c3)n3c2CCO[C@H](C)C3)cc(C)n1. The van der Waals surface area contributed by atoms with E-state index in [0.29, 0.717) is 29.0 Å². The van der Waals surface area contributed by atoms with Crippen LogP contribution in [-0.4, -0.2) is 66.7 Å². The second-order valence-electron chi connectivity index (χ2n) is 14.3. The van der Waals surface area contributed by atoms with Crippen LogP contribution in [0.5, 0.6) is 11.5 Å². The van der Waals surface area contributed by atoms with Crippen molar-refractivity contribution in [1.29, 1.82) is 0 Å². The van der Waals surface area contributed by atoms with Gasteiger partial charge in [-0.05, 0) is 102 Å². The van der Waals surface area contributed by atoms with Gasteiger partial charge < -0.3 is 28.5 Å². The fourth-order valence-electron chi connectivity index (χ4n) is 7.50. The highest BCUT2D eigenvalue weighted by Crippen LogP contribution is 2.37. The molecule has 6 heterocycles. The summed E-state index contributed by atoms with van der Waals surface area (Å²) in [6.07, 6.45) is 1.83. The van der Waals surface area contributed by atoms with E-state index < -0.39 is 0 Å². The van der Waals surface area contributed by atoms with E-state index in [2.05, 4.69) is 57.2 Å². The molecule has 55 heavy (non-hydrogen) atoms. The molecule has 0 aliphatic carbocycles. The summed E-state index contributed by atoms with van der Waals surface area (Å²) in [6.45, 7) is 15.0. The number of imidazole rings is 2. The topological polar surface area (TPSA) is 109 Å². The van der Waals surface area contributed by atoms with Crippen molar-refractivity contribution in [2.75, 3.05) is 20.3 Å². The first-order chi connectivity index (χ1) is 26.4. The van der Waals surface area contributed by atoms with Crippen molar-refractivity contribution in [3.05, 3.63) is 105 Å². The molecular weight excluding hydrogens is 735 g/mol. The van der Waals surface area contributed by atoms with Crippen molar-refractivity contribution >= 4 is 23.2 Å². The summed E-state index contributed by atoms with van der Waals surface area (Å²) in [5.41, 5.74) is 12.2. The Labute approximate surface area is 332 Å². The number of aryl methyl sites for hydroxylation is 4. The lowest BCUT2D eigenvalue weighted by atomic mass is 10.1. The maximum absolute atomic E-state index is 9.77. The van der Waals surface area contributed by atoms with Crippen LogP contribution >= 0.6 is 23.2 Å². The van der Waals surface area contributed by atoms with E-state index in [1.807, 2.05) is 52.0 Å². The molecule has 1 N–H and O–H groups in total. The molecular formula is C43H46Cl2N6O4. The van der Waals surface area contributed by atoms with Crippen molar-refractivity contribution < 1.29 is 19.3 Å². The van der Waals surface area contributed by atoms with E-state index in [-0.39, 0.29) is 18.0 Å². The van der Waals surface area contributed by atoms with Gasteiger partial charge in [0, 0.05) is 69.3 Å². The molecule has 0 fully saturated rings. The molecule has 10 nitrogen and oxygen atoms in total. The van der Waals surface area contributed by atoms with Crippen molar-refractivity contribution in [1.82, 2.24) is 29.1 Å². The number of pyridine rings is 2. The molecule has 286 valence electrons. The average Bonchev–Trinajstić information content (AvgIpc) is 3.51. The van der Waals surface area contributed by atoms with Gasteiger partial charge in [-0.3, -0.25) is 9.97 Å². The highest BCUT2D eigenvalue weighted by Gasteiger charge is 2.26. The number of halogens is 2. The minimum atomic E-state index is 0.0698. The Bertz CT molecular complexity index is 2330. The van der Waals surface area contributed by atoms with Gasteiger partial charge in [-0.1, -0.05) is 23.2 Å². The van der Waals surface area contributed by atoms with E-state index in [9.17, 15) is 5.11 Å². The Morgan fingerprint density at radius 2 is 1.05 bits per heavy atom. The summed E-state index contributed by atoms with van der Waals surface area (Å²) in [4.78, 5) is 19.1. The number of phenolic OH excluding ortho intramolecular Hbond substituents is 1. The summed E-state index contributed by atoms with van der Waals surface area (Å²) in [6, 6.07) is 19.3. The molecule has 4 aromatic heterocycles. The second kappa shape index (κ2) is 16.2. The van der Waals surface area contributed by atoms with Crippen LogP contribution < -0.4 is 4.74 Å². The third-order valence-corrected chi connectivity index (χ3v) is 10.4. The first kappa shape index (κ1) is 38.5. The molecule has 2 aliphatic heterocycles. The number of hydrogen-bond donors (Lipinski definition) is 1. The van der Waals surface area contributed by atoms with Crippen molar-refractivity contribution in [3.8, 4) is 56.8 Å². The number of aromatic nitrogens is 6. The van der Waals surface area contributed by atoms with E-state index in [4.69, 9.17) is 47.4 Å². The zero-order valence-corrected chi connectivity index (χ0v) is 33.8. The minimum absolute atomic E-state index is 0.0698. The fourth-order valence-corrected chi connectivity index (χ4v) is 7.94. The summed E-state index contributed by atoms with van der Waals surface area (Å²) >= 11 is 12.5. The van der Waals surface area contributed by atoms with Crippen LogP contribution in [0, 0.1) is 27.7 Å². The predicted octanol–water partition coefficient (Wildman–Crippen LogP) is 9.40. The van der Waals surface area contributed by atoms with Gasteiger partial charge in [0.1, 0.15) is 23.1 Å². The lowest BCUT2D eigenvalue weighted by Crippen LogP contribution is -2.15. The highest BCUT2D eigenvalue weighted by molar-refractivity contribution is 6.32. The Morgan fingerprint density at radius 3 is 1.47 bits per heavy atom. The van der Waals surface area contributed by atoms with Crippen LogP contribution in [0.15, 0.2) is 60.7 Å². The quantitative estimate of drug-likeness (QED) is 0.184. The van der Waals surface area contributed by atoms with Gasteiger partial charge in [-0.2, -0.15) is 0 Å². The van der Waals surface area contributed by atoms with Crippen LogP contribution in [0.25, 0.3) is 45.3 Å². The normalized spacial score (nSPS) is 16.7. The first-order valence-electron chi connectivity index (χ1n) is 18.5. The Balaban J connectivity index is 0.000000169. The third-order valence-electron chi connectivity index (χ3n) is 9.83. The summed E-state index contributed by atoms with van der Waals surface area (Å²) in [5, 5.41) is 10.7. The molecule has 0 amide bonds. The van der Waals surface area contributed by atoms with E-state index in [1.54, 1.807) is 19.2 Å². The molecule has 0 spiro atoms. The monoisotopic (exact) mass is 780 g/mol. The Hall–Kier alpha value is -4.74. The highest BCUT2D eigenvalue weighted by atomic mass is 35.5. The number of ether oxygens (including phenoxy) is 3. The van der Waals surface area contributed by atoms with Crippen molar-refractivity contribution in [3.63, 3.8) is 0 Å². The van der Waals surface area contributed by atoms with Crippen LogP contribution in [0.2, 0.25) is 10.0 Å². The number of benzene rings is 2. The van der Waals surface area contributed by atoms with Gasteiger partial charge in [0.2, 0.25) is 0 Å². The molecule has 0 bridgehead atoms. The largest absolute Gasteiger partial charge is 0.506 e. The Kier molecular flexibility index (Phi) is 11.3. The molecule has 2 aliphatic rings. The molecule has 8 rings (SSSR count). The van der Waals surface area contributed by atoms with Gasteiger partial charge in [-0.25, -0.2) is 9.97 Å². The maximum atomic E-state index is 9.77. The molecule has 0 unspecified atom stereocenters. The standard InChI is InChI=1S/C22H24ClN3O2.C21H22ClN3O2/c1-13-9-17(10-14(2)24-13)21-19-7-8-28-15(3)12-26(19)22(25-21)16-5-6-20(27-4)18(23)11-16;1-12-8-16(9-13(2)23-12)20-18-6-7-27-14(3)11-25(18)21(24-20)15-4-5-19(26)17(22)10-15/h5-6,9-11,15H,7-8,12H2,1-4H3;4-5,8-10,14,26H,6-7,11H2,1-3H3/t15-;14-/m11/s1. The zero-order valence-electron chi connectivity index (χ0n) is 32.3. The predicted molar refractivity (Wildman–Crippen MR) is 217 cm³/mol. The molecule has 6 aromatic rings. The van der Waals surface area contributed by atoms with Gasteiger partial charge in [0.15, 0.2) is 0 Å². The third kappa shape index (κ3) is 8.28. The molecule has 12 heteroatoms. The summed E-state index contributed by atoms with van der Waals surface area (Å²) in [7, 11) is 1.62. The van der Waals surface area contributed by atoms with E-state index >= 15 is 0 Å². The number of rotatable bonds is 5. The maximum Gasteiger partial charge on any atom is 0.141 e. The number of phenols is 1. The van der Waals surface area contributed by atoms with Gasteiger partial charge >= 0.3 is 0 Å². The number of fused-ring (bicyclic) bond motifs is 2. The molecule has 0 radical (unpaired) electrons. The molecule has 2 aromatic carbocycles. The number of aromatic hydroxyl groups is 1. The van der Waals surface area contributed by atoms with Gasteiger partial charge in [0.05, 0.1) is 67.1 Å². The van der Waals surface area contributed by atoms with Gasteiger partial charge in [0.25, 0.3) is 0 Å². The van der Waals surface area contributed by atoms with Crippen molar-refractivity contribution in [2.45, 2.75) is 79.7 Å². The molecule has 0 saturated heterocycles. The van der Waals surface area contributed by atoms with E-state index in [0.717, 1.165) is 99.7 Å². The van der Waals surface area contributed by atoms with Crippen LogP contribution in [0.3, 0.4) is 0 Å². The van der Waals surface area contributed by atoms with Crippen LogP contribution in [-0.2, 0) is 35.4 Å². The van der Waals surface area contributed by atoms with Gasteiger partial charge in [-0.15, -0.1) is 0 Å². The average molecular weight is 782 g/mol. The number of nitrogens with zero attached hydrogens (tertiary/aromatic N) is 6. The summed E-state index contributed by atoms with van der Waals surface area (Å²) in [5.74, 6) is 2.47.